The molecule has 0 saturated heterocycles. The number of hydrogen-bond acceptors (Lipinski definition) is 4. The van der Waals surface area contributed by atoms with Crippen LogP contribution in [-0.2, 0) is 11.1 Å². The highest BCUT2D eigenvalue weighted by Gasteiger charge is 1.90. The monoisotopic (exact) mass is 132 g/mol. The summed E-state index contributed by atoms with van der Waals surface area (Å²) in [5, 5.41) is 3.18. The standard InChI is InChI=1S/C3H3NO3S/c5-8(6)3-1-4-7-2-3/h1-2H,(H,5,6)/p-1. The molecule has 0 saturated carbocycles. The van der Waals surface area contributed by atoms with Crippen LogP contribution in [0.5, 0.6) is 0 Å². The molecule has 0 radical (unpaired) electrons. The van der Waals surface area contributed by atoms with Crippen LogP contribution in [0.3, 0.4) is 0 Å². The molecular formula is C3H2NO3S-. The second-order valence-electron chi connectivity index (χ2n) is 1.09. The zero-order valence-electron chi connectivity index (χ0n) is 3.73. The summed E-state index contributed by atoms with van der Waals surface area (Å²) in [5.41, 5.74) is 0. The van der Waals surface area contributed by atoms with Gasteiger partial charge < -0.3 is 9.08 Å². The maximum Gasteiger partial charge on any atom is 0.138 e. The van der Waals surface area contributed by atoms with E-state index in [1.807, 2.05) is 0 Å². The first-order valence-corrected chi connectivity index (χ1v) is 2.87. The Morgan fingerprint density at radius 2 is 2.62 bits per heavy atom. The van der Waals surface area contributed by atoms with Gasteiger partial charge in [0.25, 0.3) is 0 Å². The van der Waals surface area contributed by atoms with Crippen molar-refractivity contribution in [2.45, 2.75) is 4.90 Å². The Balaban J connectivity index is 2.93. The molecule has 44 valence electrons. The molecule has 8 heavy (non-hydrogen) atoms. The minimum absolute atomic E-state index is 0.0741. The second kappa shape index (κ2) is 2.06. The number of rotatable bonds is 1. The molecule has 1 aromatic heterocycles. The lowest BCUT2D eigenvalue weighted by atomic mass is 10.8. The van der Waals surface area contributed by atoms with E-state index in [1.165, 1.54) is 0 Å². The van der Waals surface area contributed by atoms with E-state index in [2.05, 4.69) is 9.68 Å². The average molecular weight is 132 g/mol. The molecule has 0 aliphatic carbocycles. The molecule has 1 rings (SSSR count). The molecule has 1 atom stereocenters. The molecule has 0 aliphatic heterocycles. The Morgan fingerprint density at radius 3 is 2.88 bits per heavy atom. The number of nitrogens with zero attached hydrogens (tertiary/aromatic N) is 1. The predicted octanol–water partition coefficient (Wildman–Crippen LogP) is -0.0874. The quantitative estimate of drug-likeness (QED) is 0.501. The first-order valence-electron chi connectivity index (χ1n) is 1.79. The molecule has 1 aromatic rings. The maximum absolute atomic E-state index is 9.96. The van der Waals surface area contributed by atoms with E-state index >= 15 is 0 Å². The van der Waals surface area contributed by atoms with Crippen LogP contribution in [0.2, 0.25) is 0 Å². The summed E-state index contributed by atoms with van der Waals surface area (Å²) in [6, 6.07) is 0. The highest BCUT2D eigenvalue weighted by molar-refractivity contribution is 7.79. The summed E-state index contributed by atoms with van der Waals surface area (Å²) in [4.78, 5) is 0.0741. The fourth-order valence-electron chi connectivity index (χ4n) is 0.277. The van der Waals surface area contributed by atoms with E-state index < -0.39 is 11.1 Å². The molecule has 1 unspecified atom stereocenters. The van der Waals surface area contributed by atoms with E-state index in [9.17, 15) is 8.76 Å². The fourth-order valence-corrected chi connectivity index (χ4v) is 0.528. The molecule has 0 fully saturated rings. The first-order chi connectivity index (χ1) is 3.80. The van der Waals surface area contributed by atoms with Gasteiger partial charge in [0, 0.05) is 0 Å². The number of aromatic nitrogens is 1. The van der Waals surface area contributed by atoms with E-state index in [1.54, 1.807) is 0 Å². The van der Waals surface area contributed by atoms with Crippen LogP contribution in [0, 0.1) is 0 Å². The molecule has 0 aromatic carbocycles. The molecule has 0 bridgehead atoms. The summed E-state index contributed by atoms with van der Waals surface area (Å²) in [7, 11) is 0. The van der Waals surface area contributed by atoms with Crippen molar-refractivity contribution in [1.29, 1.82) is 0 Å². The normalized spacial score (nSPS) is 13.6. The van der Waals surface area contributed by atoms with Crippen molar-refractivity contribution >= 4 is 11.1 Å². The fraction of sp³-hybridized carbons (Fsp3) is 0. The molecule has 0 spiro atoms. The predicted molar refractivity (Wildman–Crippen MR) is 23.7 cm³/mol. The van der Waals surface area contributed by atoms with Gasteiger partial charge in [-0.3, -0.25) is 4.21 Å². The van der Waals surface area contributed by atoms with Crippen LogP contribution < -0.4 is 0 Å². The summed E-state index contributed by atoms with van der Waals surface area (Å²) in [6.45, 7) is 0. The van der Waals surface area contributed by atoms with Crippen LogP contribution in [0.4, 0.5) is 0 Å². The van der Waals surface area contributed by atoms with Crippen LogP contribution >= 0.6 is 0 Å². The molecule has 0 amide bonds. The van der Waals surface area contributed by atoms with Gasteiger partial charge in [-0.1, -0.05) is 5.16 Å². The summed E-state index contributed by atoms with van der Waals surface area (Å²) >= 11 is -2.20. The Bertz CT molecular complexity index is 182. The van der Waals surface area contributed by atoms with E-state index in [0.717, 1.165) is 12.5 Å². The SMILES string of the molecule is O=S([O-])c1cnoc1. The van der Waals surface area contributed by atoms with Crippen LogP contribution in [-0.4, -0.2) is 13.9 Å². The average Bonchev–Trinajstić information content (AvgIpc) is 2.12. The molecule has 4 nitrogen and oxygen atoms in total. The van der Waals surface area contributed by atoms with Gasteiger partial charge >= 0.3 is 0 Å². The maximum atomic E-state index is 9.96. The minimum atomic E-state index is -2.20. The number of hydrogen-bond donors (Lipinski definition) is 0. The van der Waals surface area contributed by atoms with Crippen molar-refractivity contribution in [1.82, 2.24) is 5.16 Å². The van der Waals surface area contributed by atoms with Crippen molar-refractivity contribution in [2.75, 3.05) is 0 Å². The zero-order valence-corrected chi connectivity index (χ0v) is 4.55. The Labute approximate surface area is 47.8 Å². The molecule has 5 heteroatoms. The topological polar surface area (TPSA) is 66.2 Å². The van der Waals surface area contributed by atoms with Crippen LogP contribution in [0.25, 0.3) is 0 Å². The molecule has 0 N–H and O–H groups in total. The lowest BCUT2D eigenvalue weighted by molar-refractivity contribution is 0.417. The largest absolute Gasteiger partial charge is 0.768 e. The summed E-state index contributed by atoms with van der Waals surface area (Å²) in [6.07, 6.45) is 2.19. The van der Waals surface area contributed by atoms with Gasteiger partial charge in [-0.25, -0.2) is 0 Å². The van der Waals surface area contributed by atoms with Crippen molar-refractivity contribution in [3.8, 4) is 0 Å². The lowest BCUT2D eigenvalue weighted by Crippen LogP contribution is -1.82. The lowest BCUT2D eigenvalue weighted by Gasteiger charge is -1.94. The minimum Gasteiger partial charge on any atom is -0.768 e. The van der Waals surface area contributed by atoms with Crippen molar-refractivity contribution < 1.29 is 13.3 Å². The van der Waals surface area contributed by atoms with E-state index in [-0.39, 0.29) is 4.90 Å². The van der Waals surface area contributed by atoms with Gasteiger partial charge in [-0.2, -0.15) is 0 Å². The van der Waals surface area contributed by atoms with E-state index in [0.29, 0.717) is 0 Å². The van der Waals surface area contributed by atoms with E-state index in [4.69, 9.17) is 0 Å². The third kappa shape index (κ3) is 0.932. The Kier molecular flexibility index (Phi) is 1.40. The molecule has 1 heterocycles. The highest BCUT2D eigenvalue weighted by Crippen LogP contribution is 1.98. The van der Waals surface area contributed by atoms with Gasteiger partial charge in [0.15, 0.2) is 0 Å². The summed E-state index contributed by atoms with van der Waals surface area (Å²) in [5.74, 6) is 0. The smallest absolute Gasteiger partial charge is 0.138 e. The van der Waals surface area contributed by atoms with Crippen molar-refractivity contribution in [3.05, 3.63) is 12.5 Å². The third-order valence-electron chi connectivity index (χ3n) is 0.602. The first kappa shape index (κ1) is 5.46. The van der Waals surface area contributed by atoms with Gasteiger partial charge in [-0.15, -0.1) is 0 Å². The molecular weight excluding hydrogens is 130 g/mol. The summed E-state index contributed by atoms with van der Waals surface area (Å²) < 4.78 is 24.2. The third-order valence-corrected chi connectivity index (χ3v) is 1.19. The van der Waals surface area contributed by atoms with Gasteiger partial charge in [0.1, 0.15) is 6.26 Å². The van der Waals surface area contributed by atoms with Gasteiger partial charge in [-0.05, 0) is 11.1 Å². The second-order valence-corrected chi connectivity index (χ2v) is 2.04. The van der Waals surface area contributed by atoms with Gasteiger partial charge in [0.2, 0.25) is 0 Å². The zero-order chi connectivity index (χ0) is 5.98. The van der Waals surface area contributed by atoms with Crippen LogP contribution in [0.1, 0.15) is 0 Å². The Hall–Kier alpha value is -0.680. The van der Waals surface area contributed by atoms with Crippen LogP contribution in [0.15, 0.2) is 21.9 Å². The highest BCUT2D eigenvalue weighted by atomic mass is 32.2. The Morgan fingerprint density at radius 1 is 1.88 bits per heavy atom. The van der Waals surface area contributed by atoms with Crippen molar-refractivity contribution in [3.63, 3.8) is 0 Å². The van der Waals surface area contributed by atoms with Crippen molar-refractivity contribution in [2.24, 2.45) is 0 Å². The van der Waals surface area contributed by atoms with Gasteiger partial charge in [0.05, 0.1) is 11.1 Å². The molecule has 0 aliphatic rings.